The van der Waals surface area contributed by atoms with Gasteiger partial charge in [-0.15, -0.1) is 0 Å². The molecule has 0 aromatic heterocycles. The van der Waals surface area contributed by atoms with Gasteiger partial charge >= 0.3 is 6.03 Å². The summed E-state index contributed by atoms with van der Waals surface area (Å²) in [5, 5.41) is 3.41. The van der Waals surface area contributed by atoms with Crippen molar-refractivity contribution in [2.24, 2.45) is 5.92 Å². The van der Waals surface area contributed by atoms with Crippen molar-refractivity contribution >= 4 is 40.8 Å². The number of carbonyl (C=O) groups excluding carboxylic acids is 2. The molecular formula is C13H14Cl2N2O2. The minimum atomic E-state index is -0.498. The van der Waals surface area contributed by atoms with Crippen molar-refractivity contribution in [3.8, 4) is 0 Å². The molecule has 0 radical (unpaired) electrons. The molecule has 0 saturated carbocycles. The van der Waals surface area contributed by atoms with Gasteiger partial charge in [-0.1, -0.05) is 37.0 Å². The van der Waals surface area contributed by atoms with Crippen LogP contribution in [0.2, 0.25) is 10.0 Å². The summed E-state index contributed by atoms with van der Waals surface area (Å²) in [7, 11) is 0. The van der Waals surface area contributed by atoms with Crippen molar-refractivity contribution < 1.29 is 9.59 Å². The standard InChI is InChI=1S/C13H14Cl2N2O2/c1-7(2)5-10-12(18)17(13(19)16-10)11-6-8(14)3-4-9(11)15/h3-4,6-7,10H,5H2,1-2H3,(H,16,19). The fourth-order valence-electron chi connectivity index (χ4n) is 2.05. The van der Waals surface area contributed by atoms with Crippen LogP contribution in [0, 0.1) is 5.92 Å². The number of carbonyl (C=O) groups is 2. The first kappa shape index (κ1) is 14.2. The number of urea groups is 1. The second kappa shape index (κ2) is 5.39. The summed E-state index contributed by atoms with van der Waals surface area (Å²) < 4.78 is 0. The Morgan fingerprint density at radius 1 is 1.32 bits per heavy atom. The Labute approximate surface area is 121 Å². The first-order chi connectivity index (χ1) is 8.90. The molecule has 1 N–H and O–H groups in total. The molecular weight excluding hydrogens is 287 g/mol. The maximum Gasteiger partial charge on any atom is 0.329 e. The molecule has 1 fully saturated rings. The molecule has 1 unspecified atom stereocenters. The Hall–Kier alpha value is -1.26. The Morgan fingerprint density at radius 2 is 2.00 bits per heavy atom. The van der Waals surface area contributed by atoms with E-state index in [1.807, 2.05) is 13.8 Å². The lowest BCUT2D eigenvalue weighted by molar-refractivity contribution is -0.118. The van der Waals surface area contributed by atoms with E-state index in [9.17, 15) is 9.59 Å². The number of hydrogen-bond donors (Lipinski definition) is 1. The smallest absolute Gasteiger partial charge is 0.325 e. The molecule has 0 bridgehead atoms. The van der Waals surface area contributed by atoms with Crippen molar-refractivity contribution in [2.75, 3.05) is 4.90 Å². The highest BCUT2D eigenvalue weighted by molar-refractivity contribution is 6.37. The van der Waals surface area contributed by atoms with Crippen LogP contribution in [0.5, 0.6) is 0 Å². The number of amides is 3. The number of benzene rings is 1. The summed E-state index contributed by atoms with van der Waals surface area (Å²) in [6.07, 6.45) is 0.596. The number of hydrogen-bond acceptors (Lipinski definition) is 2. The third-order valence-electron chi connectivity index (χ3n) is 2.88. The quantitative estimate of drug-likeness (QED) is 0.869. The number of nitrogens with one attached hydrogen (secondary N) is 1. The van der Waals surface area contributed by atoms with Gasteiger partial charge in [0.25, 0.3) is 5.91 Å². The zero-order chi connectivity index (χ0) is 14.2. The molecule has 6 heteroatoms. The van der Waals surface area contributed by atoms with Crippen molar-refractivity contribution in [1.29, 1.82) is 0 Å². The topological polar surface area (TPSA) is 49.4 Å². The van der Waals surface area contributed by atoms with Gasteiger partial charge in [0.15, 0.2) is 0 Å². The van der Waals surface area contributed by atoms with Gasteiger partial charge in [0.05, 0.1) is 10.7 Å². The average molecular weight is 301 g/mol. The highest BCUT2D eigenvalue weighted by atomic mass is 35.5. The molecule has 1 saturated heterocycles. The predicted octanol–water partition coefficient (Wildman–Crippen LogP) is 3.46. The van der Waals surface area contributed by atoms with Gasteiger partial charge in [-0.05, 0) is 30.5 Å². The summed E-state index contributed by atoms with van der Waals surface area (Å²) in [5.41, 5.74) is 0.322. The van der Waals surface area contributed by atoms with E-state index in [1.54, 1.807) is 12.1 Å². The number of anilines is 1. The van der Waals surface area contributed by atoms with Gasteiger partial charge in [0, 0.05) is 5.02 Å². The van der Waals surface area contributed by atoms with Crippen LogP contribution in [0.15, 0.2) is 18.2 Å². The molecule has 2 rings (SSSR count). The zero-order valence-electron chi connectivity index (χ0n) is 10.6. The Kier molecular flexibility index (Phi) is 4.02. The van der Waals surface area contributed by atoms with Gasteiger partial charge in [-0.2, -0.15) is 0 Å². The summed E-state index contributed by atoms with van der Waals surface area (Å²) in [4.78, 5) is 25.2. The number of halogens is 2. The third kappa shape index (κ3) is 2.85. The van der Waals surface area contributed by atoms with E-state index in [2.05, 4.69) is 5.32 Å². The highest BCUT2D eigenvalue weighted by Gasteiger charge is 2.39. The van der Waals surface area contributed by atoms with Crippen molar-refractivity contribution in [3.05, 3.63) is 28.2 Å². The lowest BCUT2D eigenvalue weighted by Gasteiger charge is -2.15. The van der Waals surface area contributed by atoms with E-state index in [1.165, 1.54) is 6.07 Å². The van der Waals surface area contributed by atoms with Crippen molar-refractivity contribution in [2.45, 2.75) is 26.3 Å². The average Bonchev–Trinajstić information content (AvgIpc) is 2.57. The zero-order valence-corrected chi connectivity index (χ0v) is 12.1. The predicted molar refractivity (Wildman–Crippen MR) is 75.7 cm³/mol. The van der Waals surface area contributed by atoms with Crippen LogP contribution in [-0.2, 0) is 4.79 Å². The van der Waals surface area contributed by atoms with Crippen LogP contribution in [-0.4, -0.2) is 18.0 Å². The second-order valence-electron chi connectivity index (χ2n) is 4.90. The highest BCUT2D eigenvalue weighted by Crippen LogP contribution is 2.31. The summed E-state index contributed by atoms with van der Waals surface area (Å²) in [6.45, 7) is 3.99. The van der Waals surface area contributed by atoms with Crippen LogP contribution >= 0.6 is 23.2 Å². The van der Waals surface area contributed by atoms with Crippen LogP contribution in [0.25, 0.3) is 0 Å². The van der Waals surface area contributed by atoms with Crippen molar-refractivity contribution in [3.63, 3.8) is 0 Å². The van der Waals surface area contributed by atoms with Gasteiger partial charge in [0.1, 0.15) is 6.04 Å². The van der Waals surface area contributed by atoms with E-state index >= 15 is 0 Å². The first-order valence-electron chi connectivity index (χ1n) is 5.99. The maximum atomic E-state index is 12.3. The van der Waals surface area contributed by atoms with Gasteiger partial charge in [-0.3, -0.25) is 4.79 Å². The molecule has 4 nitrogen and oxygen atoms in total. The molecule has 1 aliphatic heterocycles. The summed E-state index contributed by atoms with van der Waals surface area (Å²) in [5.74, 6) is 0.0203. The lowest BCUT2D eigenvalue weighted by atomic mass is 10.0. The third-order valence-corrected chi connectivity index (χ3v) is 3.43. The lowest BCUT2D eigenvalue weighted by Crippen LogP contribution is -2.32. The Morgan fingerprint density at radius 3 is 2.63 bits per heavy atom. The van der Waals surface area contributed by atoms with E-state index < -0.39 is 12.1 Å². The molecule has 1 aliphatic rings. The molecule has 3 amide bonds. The Balaban J connectivity index is 2.32. The SMILES string of the molecule is CC(C)CC1NC(=O)N(c2cc(Cl)ccc2Cl)C1=O. The van der Waals surface area contributed by atoms with Crippen LogP contribution in [0.4, 0.5) is 10.5 Å². The molecule has 0 aliphatic carbocycles. The summed E-state index contributed by atoms with van der Waals surface area (Å²) >= 11 is 11.9. The monoisotopic (exact) mass is 300 g/mol. The molecule has 0 spiro atoms. The fourth-order valence-corrected chi connectivity index (χ4v) is 2.42. The van der Waals surface area contributed by atoms with Crippen LogP contribution < -0.4 is 10.2 Å². The number of rotatable bonds is 3. The molecule has 102 valence electrons. The summed E-state index contributed by atoms with van der Waals surface area (Å²) in [6, 6.07) is 3.73. The number of nitrogens with zero attached hydrogens (tertiary/aromatic N) is 1. The molecule has 1 aromatic rings. The minimum absolute atomic E-state index is 0.289. The van der Waals surface area contributed by atoms with E-state index in [-0.39, 0.29) is 5.91 Å². The van der Waals surface area contributed by atoms with E-state index in [0.717, 1.165) is 4.90 Å². The normalized spacial score (nSPS) is 19.2. The molecule has 1 atom stereocenters. The van der Waals surface area contributed by atoms with E-state index in [0.29, 0.717) is 28.1 Å². The second-order valence-corrected chi connectivity index (χ2v) is 5.74. The maximum absolute atomic E-state index is 12.3. The molecule has 1 heterocycles. The van der Waals surface area contributed by atoms with Gasteiger partial charge < -0.3 is 5.32 Å². The minimum Gasteiger partial charge on any atom is -0.325 e. The molecule has 1 aromatic carbocycles. The van der Waals surface area contributed by atoms with Gasteiger partial charge in [0.2, 0.25) is 0 Å². The van der Waals surface area contributed by atoms with Gasteiger partial charge in [-0.25, -0.2) is 9.69 Å². The van der Waals surface area contributed by atoms with Crippen molar-refractivity contribution in [1.82, 2.24) is 5.32 Å². The molecule has 19 heavy (non-hydrogen) atoms. The van der Waals surface area contributed by atoms with Crippen LogP contribution in [0.3, 0.4) is 0 Å². The Bertz CT molecular complexity index is 531. The first-order valence-corrected chi connectivity index (χ1v) is 6.75. The fraction of sp³-hybridized carbons (Fsp3) is 0.385. The number of imide groups is 1. The largest absolute Gasteiger partial charge is 0.329 e. The van der Waals surface area contributed by atoms with Crippen LogP contribution in [0.1, 0.15) is 20.3 Å². The van der Waals surface area contributed by atoms with E-state index in [4.69, 9.17) is 23.2 Å².